The minimum Gasteiger partial charge on any atom is -0.297 e. The summed E-state index contributed by atoms with van der Waals surface area (Å²) in [5, 5.41) is 11.0. The summed E-state index contributed by atoms with van der Waals surface area (Å²) >= 11 is 0. The standard InChI is InChI=1S/C12H12N2O/c13-7-10-8-15-14-6-5-9-3-1-2-4-11(9)12(10)14/h1-4,10,12H,5-6,8H2/t10-,12+/m1/s1. The predicted molar refractivity (Wildman–Crippen MR) is 54.6 cm³/mol. The monoisotopic (exact) mass is 200 g/mol. The molecule has 3 nitrogen and oxygen atoms in total. The van der Waals surface area contributed by atoms with Gasteiger partial charge in [-0.25, -0.2) is 0 Å². The lowest BCUT2D eigenvalue weighted by atomic mass is 9.88. The highest BCUT2D eigenvalue weighted by Gasteiger charge is 2.40. The van der Waals surface area contributed by atoms with E-state index in [1.54, 1.807) is 0 Å². The van der Waals surface area contributed by atoms with Crippen molar-refractivity contribution >= 4 is 0 Å². The fourth-order valence-corrected chi connectivity index (χ4v) is 2.51. The van der Waals surface area contributed by atoms with Gasteiger partial charge in [0.1, 0.15) is 0 Å². The van der Waals surface area contributed by atoms with E-state index in [1.165, 1.54) is 11.1 Å². The molecule has 15 heavy (non-hydrogen) atoms. The Hall–Kier alpha value is -1.37. The highest BCUT2D eigenvalue weighted by atomic mass is 16.7. The van der Waals surface area contributed by atoms with Gasteiger partial charge in [-0.1, -0.05) is 24.3 Å². The summed E-state index contributed by atoms with van der Waals surface area (Å²) < 4.78 is 0. The molecule has 0 aliphatic carbocycles. The van der Waals surface area contributed by atoms with Gasteiger partial charge in [-0.15, -0.1) is 0 Å². The van der Waals surface area contributed by atoms with Crippen molar-refractivity contribution in [3.63, 3.8) is 0 Å². The van der Waals surface area contributed by atoms with Crippen LogP contribution >= 0.6 is 0 Å². The van der Waals surface area contributed by atoms with Gasteiger partial charge in [0.25, 0.3) is 0 Å². The molecule has 3 heteroatoms. The summed E-state index contributed by atoms with van der Waals surface area (Å²) in [7, 11) is 0. The maximum absolute atomic E-state index is 9.07. The van der Waals surface area contributed by atoms with Gasteiger partial charge in [-0.3, -0.25) is 4.84 Å². The smallest absolute Gasteiger partial charge is 0.0936 e. The molecule has 0 amide bonds. The van der Waals surface area contributed by atoms with Crippen LogP contribution < -0.4 is 0 Å². The Labute approximate surface area is 88.8 Å². The lowest BCUT2D eigenvalue weighted by Crippen LogP contribution is -2.31. The van der Waals surface area contributed by atoms with Gasteiger partial charge in [0, 0.05) is 6.54 Å². The molecular weight excluding hydrogens is 188 g/mol. The number of hydroxylamine groups is 2. The molecule has 0 saturated carbocycles. The fourth-order valence-electron chi connectivity index (χ4n) is 2.51. The molecule has 1 saturated heterocycles. The van der Waals surface area contributed by atoms with Crippen molar-refractivity contribution < 1.29 is 4.84 Å². The van der Waals surface area contributed by atoms with Gasteiger partial charge in [0.2, 0.25) is 0 Å². The van der Waals surface area contributed by atoms with E-state index in [1.807, 2.05) is 11.1 Å². The van der Waals surface area contributed by atoms with Gasteiger partial charge < -0.3 is 0 Å². The number of nitrogens with zero attached hydrogens (tertiary/aromatic N) is 2. The fraction of sp³-hybridized carbons (Fsp3) is 0.417. The molecule has 1 aromatic carbocycles. The van der Waals surface area contributed by atoms with Crippen molar-refractivity contribution in [3.8, 4) is 6.07 Å². The van der Waals surface area contributed by atoms with E-state index in [0.717, 1.165) is 13.0 Å². The predicted octanol–water partition coefficient (Wildman–Crippen LogP) is 1.67. The van der Waals surface area contributed by atoms with Gasteiger partial charge in [-0.2, -0.15) is 10.3 Å². The number of hydrogen-bond acceptors (Lipinski definition) is 3. The molecule has 2 aliphatic heterocycles. The molecule has 0 unspecified atom stereocenters. The van der Waals surface area contributed by atoms with Crippen molar-refractivity contribution in [1.82, 2.24) is 5.06 Å². The van der Waals surface area contributed by atoms with Crippen molar-refractivity contribution in [2.75, 3.05) is 13.2 Å². The quantitative estimate of drug-likeness (QED) is 0.639. The number of hydrogen-bond donors (Lipinski definition) is 0. The second-order valence-electron chi connectivity index (χ2n) is 4.07. The topological polar surface area (TPSA) is 36.3 Å². The SMILES string of the molecule is N#C[C@@H]1CON2CCc3ccccc3[C@H]12. The number of benzene rings is 1. The van der Waals surface area contributed by atoms with Crippen molar-refractivity contribution in [2.45, 2.75) is 12.5 Å². The summed E-state index contributed by atoms with van der Waals surface area (Å²) in [6, 6.07) is 10.9. The van der Waals surface area contributed by atoms with Crippen molar-refractivity contribution in [3.05, 3.63) is 35.4 Å². The second kappa shape index (κ2) is 3.34. The molecule has 1 fully saturated rings. The molecule has 3 rings (SSSR count). The zero-order chi connectivity index (χ0) is 10.3. The maximum atomic E-state index is 9.07. The van der Waals surface area contributed by atoms with E-state index < -0.39 is 0 Å². The number of nitriles is 1. The van der Waals surface area contributed by atoms with Crippen LogP contribution in [0.4, 0.5) is 0 Å². The normalized spacial score (nSPS) is 29.3. The number of fused-ring (bicyclic) bond motifs is 3. The molecular formula is C12H12N2O. The van der Waals surface area contributed by atoms with Crippen molar-refractivity contribution in [2.24, 2.45) is 5.92 Å². The zero-order valence-electron chi connectivity index (χ0n) is 8.39. The highest BCUT2D eigenvalue weighted by Crippen LogP contribution is 2.39. The van der Waals surface area contributed by atoms with Crippen LogP contribution in [0.5, 0.6) is 0 Å². The Morgan fingerprint density at radius 3 is 3.13 bits per heavy atom. The minimum absolute atomic E-state index is 0.0218. The van der Waals surface area contributed by atoms with Crippen LogP contribution in [0.1, 0.15) is 17.2 Å². The molecule has 2 aliphatic rings. The largest absolute Gasteiger partial charge is 0.297 e. The summed E-state index contributed by atoms with van der Waals surface area (Å²) in [5.41, 5.74) is 2.64. The Bertz CT molecular complexity index is 424. The third-order valence-electron chi connectivity index (χ3n) is 3.25. The summed E-state index contributed by atoms with van der Waals surface area (Å²) in [4.78, 5) is 5.53. The van der Waals surface area contributed by atoms with Crippen LogP contribution in [-0.4, -0.2) is 18.2 Å². The van der Waals surface area contributed by atoms with E-state index in [2.05, 4.69) is 24.3 Å². The Morgan fingerprint density at radius 2 is 2.27 bits per heavy atom. The highest BCUT2D eigenvalue weighted by molar-refractivity contribution is 5.34. The molecule has 76 valence electrons. The van der Waals surface area contributed by atoms with Crippen molar-refractivity contribution in [1.29, 1.82) is 5.26 Å². The van der Waals surface area contributed by atoms with E-state index in [4.69, 9.17) is 10.1 Å². The van der Waals surface area contributed by atoms with Gasteiger partial charge in [0.05, 0.1) is 24.6 Å². The van der Waals surface area contributed by atoms with E-state index >= 15 is 0 Å². The van der Waals surface area contributed by atoms with Crippen LogP contribution in [0, 0.1) is 17.2 Å². The molecule has 0 radical (unpaired) electrons. The first-order valence-electron chi connectivity index (χ1n) is 5.27. The van der Waals surface area contributed by atoms with E-state index in [0.29, 0.717) is 6.61 Å². The molecule has 1 aromatic rings. The van der Waals surface area contributed by atoms with Gasteiger partial charge >= 0.3 is 0 Å². The Morgan fingerprint density at radius 1 is 1.40 bits per heavy atom. The van der Waals surface area contributed by atoms with Gasteiger partial charge in [0.15, 0.2) is 0 Å². The molecule has 0 spiro atoms. The first-order chi connectivity index (χ1) is 7.40. The first kappa shape index (κ1) is 8.90. The Balaban J connectivity index is 2.07. The minimum atomic E-state index is -0.0218. The van der Waals surface area contributed by atoms with E-state index in [9.17, 15) is 0 Å². The van der Waals surface area contributed by atoms with Crippen LogP contribution in [0.2, 0.25) is 0 Å². The summed E-state index contributed by atoms with van der Waals surface area (Å²) in [6.45, 7) is 1.44. The Kier molecular flexibility index (Phi) is 1.98. The molecule has 0 aromatic heterocycles. The average Bonchev–Trinajstić information content (AvgIpc) is 2.72. The average molecular weight is 200 g/mol. The van der Waals surface area contributed by atoms with Crippen LogP contribution in [0.15, 0.2) is 24.3 Å². The molecule has 0 bridgehead atoms. The molecule has 0 N–H and O–H groups in total. The summed E-state index contributed by atoms with van der Waals surface area (Å²) in [5.74, 6) is -0.0218. The van der Waals surface area contributed by atoms with Gasteiger partial charge in [-0.05, 0) is 17.5 Å². The third kappa shape index (κ3) is 1.26. The second-order valence-corrected chi connectivity index (χ2v) is 4.07. The molecule has 2 atom stereocenters. The summed E-state index contributed by atoms with van der Waals surface area (Å²) in [6.07, 6.45) is 1.02. The number of rotatable bonds is 0. The molecule has 2 heterocycles. The van der Waals surface area contributed by atoms with Crippen LogP contribution in [-0.2, 0) is 11.3 Å². The van der Waals surface area contributed by atoms with E-state index in [-0.39, 0.29) is 12.0 Å². The first-order valence-corrected chi connectivity index (χ1v) is 5.27. The lowest BCUT2D eigenvalue weighted by molar-refractivity contribution is -0.136. The lowest BCUT2D eigenvalue weighted by Gasteiger charge is -2.30. The van der Waals surface area contributed by atoms with Crippen LogP contribution in [0.25, 0.3) is 0 Å². The maximum Gasteiger partial charge on any atom is 0.0936 e. The third-order valence-corrected chi connectivity index (χ3v) is 3.25. The zero-order valence-corrected chi connectivity index (χ0v) is 8.39. The van der Waals surface area contributed by atoms with Crippen LogP contribution in [0.3, 0.4) is 0 Å².